The minimum Gasteiger partial charge on any atom is -0.470 e. The molecule has 1 rings (SSSR count). The van der Waals surface area contributed by atoms with Gasteiger partial charge in [-0.25, -0.2) is 0 Å². The fraction of sp³-hybridized carbons (Fsp3) is 0.429. The molecule has 0 fully saturated rings. The molecule has 1 heterocycles. The van der Waals surface area contributed by atoms with Gasteiger partial charge in [-0.1, -0.05) is 6.92 Å². The van der Waals surface area contributed by atoms with E-state index in [1.54, 1.807) is 12.3 Å². The lowest BCUT2D eigenvalue weighted by atomic mass is 10.3. The van der Waals surface area contributed by atoms with Crippen LogP contribution in [0.1, 0.15) is 21.1 Å². The molecular formula is C7H10O. The van der Waals surface area contributed by atoms with E-state index in [4.69, 9.17) is 6.11 Å². The van der Waals surface area contributed by atoms with Crippen LogP contribution in [0.3, 0.4) is 0 Å². The molecule has 0 amide bonds. The highest BCUT2D eigenvalue weighted by molar-refractivity contribution is 5.05. The van der Waals surface area contributed by atoms with Crippen LogP contribution in [0.4, 0.5) is 0 Å². The molecule has 0 spiro atoms. The fourth-order valence-corrected chi connectivity index (χ4v) is 0.641. The molecule has 0 saturated heterocycles. The maximum atomic E-state index is 7.16. The van der Waals surface area contributed by atoms with Crippen molar-refractivity contribution in [3.8, 4) is 0 Å². The summed E-state index contributed by atoms with van der Waals surface area (Å²) in [5, 5.41) is 0. The highest BCUT2D eigenvalue weighted by Crippen LogP contribution is 2.12. The molecule has 0 aromatic rings. The summed E-state index contributed by atoms with van der Waals surface area (Å²) in [6.45, 7) is 1.81. The predicted molar refractivity (Wildman–Crippen MR) is 33.2 cm³/mol. The van der Waals surface area contributed by atoms with Crippen molar-refractivity contribution >= 4 is 0 Å². The van der Waals surface area contributed by atoms with Gasteiger partial charge in [0.05, 0.1) is 6.26 Å². The van der Waals surface area contributed by atoms with Crippen molar-refractivity contribution in [2.75, 3.05) is 0 Å². The SMILES string of the molecule is [2H]C(C)C=C1CC=CO1. The largest absolute Gasteiger partial charge is 0.470 e. The number of ether oxygens (including phenoxy) is 1. The predicted octanol–water partition coefficient (Wildman–Crippen LogP) is 2.21. The van der Waals surface area contributed by atoms with Gasteiger partial charge >= 0.3 is 0 Å². The Balaban J connectivity index is 2.43. The molecule has 0 aromatic carbocycles. The second-order valence-corrected chi connectivity index (χ2v) is 1.66. The second kappa shape index (κ2) is 2.55. The van der Waals surface area contributed by atoms with Crippen molar-refractivity contribution in [2.24, 2.45) is 0 Å². The van der Waals surface area contributed by atoms with Crippen LogP contribution < -0.4 is 0 Å². The van der Waals surface area contributed by atoms with Crippen molar-refractivity contribution in [3.63, 3.8) is 0 Å². The Labute approximate surface area is 51.1 Å². The first-order chi connectivity index (χ1) is 4.29. The maximum absolute atomic E-state index is 7.16. The van der Waals surface area contributed by atoms with E-state index >= 15 is 0 Å². The molecule has 0 N–H and O–H groups in total. The third kappa shape index (κ3) is 1.12. The van der Waals surface area contributed by atoms with Gasteiger partial charge in [-0.2, -0.15) is 0 Å². The van der Waals surface area contributed by atoms with E-state index in [1.165, 1.54) is 0 Å². The lowest BCUT2D eigenvalue weighted by Crippen LogP contribution is -1.73. The summed E-state index contributed by atoms with van der Waals surface area (Å²) in [5.74, 6) is 0.900. The molecule has 0 aliphatic carbocycles. The molecule has 0 radical (unpaired) electrons. The molecular weight excluding hydrogens is 100 g/mol. The number of hydrogen-bond donors (Lipinski definition) is 0. The summed E-state index contributed by atoms with van der Waals surface area (Å²) in [6, 6.07) is 0. The van der Waals surface area contributed by atoms with Gasteiger partial charge in [0, 0.05) is 7.79 Å². The zero-order valence-corrected chi connectivity index (χ0v) is 4.92. The third-order valence-electron chi connectivity index (χ3n) is 0.987. The van der Waals surface area contributed by atoms with E-state index in [0.717, 1.165) is 12.2 Å². The Morgan fingerprint density at radius 2 is 3.00 bits per heavy atom. The molecule has 1 aliphatic rings. The fourth-order valence-electron chi connectivity index (χ4n) is 0.641. The average Bonchev–Trinajstić information content (AvgIpc) is 2.15. The lowest BCUT2D eigenvalue weighted by Gasteiger charge is -1.92. The summed E-state index contributed by atoms with van der Waals surface area (Å²) in [7, 11) is 0. The van der Waals surface area contributed by atoms with E-state index in [9.17, 15) is 0 Å². The monoisotopic (exact) mass is 111 g/mol. The summed E-state index contributed by atoms with van der Waals surface area (Å²) < 4.78 is 12.2. The van der Waals surface area contributed by atoms with Crippen molar-refractivity contribution in [1.82, 2.24) is 0 Å². The average molecular weight is 111 g/mol. The summed E-state index contributed by atoms with van der Waals surface area (Å²) in [4.78, 5) is 0. The van der Waals surface area contributed by atoms with Crippen LogP contribution in [0.2, 0.25) is 0 Å². The smallest absolute Gasteiger partial charge is 0.103 e. The minimum atomic E-state index is -0.153. The first-order valence-electron chi connectivity index (χ1n) is 3.31. The Kier molecular flexibility index (Phi) is 1.34. The van der Waals surface area contributed by atoms with Gasteiger partial charge in [0.25, 0.3) is 0 Å². The molecule has 1 atom stereocenters. The van der Waals surface area contributed by atoms with Crippen molar-refractivity contribution < 1.29 is 6.11 Å². The standard InChI is InChI=1S/C7H10O/c1-2-4-7-5-3-6-8-7/h3-4,6H,2,5H2,1H3/i2D. The molecule has 0 bridgehead atoms. The zero-order valence-electron chi connectivity index (χ0n) is 5.92. The first kappa shape index (κ1) is 4.19. The number of hydrogen-bond acceptors (Lipinski definition) is 1. The Morgan fingerprint density at radius 3 is 3.50 bits per heavy atom. The lowest BCUT2D eigenvalue weighted by molar-refractivity contribution is 0.365. The second-order valence-electron chi connectivity index (χ2n) is 1.66. The molecule has 1 aliphatic heterocycles. The quantitative estimate of drug-likeness (QED) is 0.504. The molecule has 1 nitrogen and oxygen atoms in total. The highest BCUT2D eigenvalue weighted by Gasteiger charge is 1.97. The van der Waals surface area contributed by atoms with E-state index in [0.29, 0.717) is 0 Å². The van der Waals surface area contributed by atoms with Crippen LogP contribution >= 0.6 is 0 Å². The molecule has 0 aromatic heterocycles. The Hall–Kier alpha value is -0.720. The normalized spacial score (nSPS) is 27.6. The van der Waals surface area contributed by atoms with Gasteiger partial charge in [-0.3, -0.25) is 0 Å². The molecule has 8 heavy (non-hydrogen) atoms. The summed E-state index contributed by atoms with van der Waals surface area (Å²) >= 11 is 0. The van der Waals surface area contributed by atoms with E-state index in [2.05, 4.69) is 0 Å². The Morgan fingerprint density at radius 1 is 2.12 bits per heavy atom. The van der Waals surface area contributed by atoms with Crippen LogP contribution in [-0.2, 0) is 4.74 Å². The van der Waals surface area contributed by atoms with E-state index in [1.807, 2.05) is 13.0 Å². The van der Waals surface area contributed by atoms with Gasteiger partial charge in [0.15, 0.2) is 0 Å². The zero-order chi connectivity index (χ0) is 6.69. The van der Waals surface area contributed by atoms with Crippen molar-refractivity contribution in [3.05, 3.63) is 24.2 Å². The topological polar surface area (TPSA) is 9.23 Å². The third-order valence-corrected chi connectivity index (χ3v) is 0.987. The summed E-state index contributed by atoms with van der Waals surface area (Å²) in [6.07, 6.45) is 6.10. The van der Waals surface area contributed by atoms with Crippen LogP contribution in [-0.4, -0.2) is 0 Å². The van der Waals surface area contributed by atoms with Crippen LogP contribution in [0.15, 0.2) is 24.2 Å². The Bertz CT molecular complexity index is 137. The number of allylic oxidation sites excluding steroid dienone is 2. The summed E-state index contributed by atoms with van der Waals surface area (Å²) in [5.41, 5.74) is 0. The van der Waals surface area contributed by atoms with E-state index in [-0.39, 0.29) is 6.40 Å². The van der Waals surface area contributed by atoms with Gasteiger partial charge in [0.1, 0.15) is 5.76 Å². The van der Waals surface area contributed by atoms with Crippen molar-refractivity contribution in [2.45, 2.75) is 19.7 Å². The van der Waals surface area contributed by atoms with Gasteiger partial charge < -0.3 is 4.74 Å². The molecule has 1 unspecified atom stereocenters. The highest BCUT2D eigenvalue weighted by atomic mass is 16.5. The van der Waals surface area contributed by atoms with Crippen LogP contribution in [0, 0.1) is 0 Å². The van der Waals surface area contributed by atoms with Crippen LogP contribution in [0.5, 0.6) is 0 Å². The molecule has 1 heteroatoms. The first-order valence-corrected chi connectivity index (χ1v) is 2.73. The maximum Gasteiger partial charge on any atom is 0.103 e. The molecule has 0 saturated carbocycles. The van der Waals surface area contributed by atoms with Crippen LogP contribution in [0.25, 0.3) is 0 Å². The minimum absolute atomic E-state index is 0.153. The van der Waals surface area contributed by atoms with Gasteiger partial charge in [-0.05, 0) is 18.5 Å². The van der Waals surface area contributed by atoms with Gasteiger partial charge in [-0.15, -0.1) is 0 Å². The van der Waals surface area contributed by atoms with E-state index < -0.39 is 0 Å². The number of rotatable bonds is 1. The van der Waals surface area contributed by atoms with Gasteiger partial charge in [0.2, 0.25) is 0 Å². The van der Waals surface area contributed by atoms with Crippen molar-refractivity contribution in [1.29, 1.82) is 0 Å². The molecule has 44 valence electrons.